The number of carbonyl (C=O) groups is 1. The molecule has 0 saturated carbocycles. The van der Waals surface area contributed by atoms with E-state index in [1.165, 1.54) is 6.07 Å². The number of carbonyl (C=O) groups excluding carboxylic acids is 1. The van der Waals surface area contributed by atoms with Gasteiger partial charge in [-0.15, -0.1) is 23.7 Å². The van der Waals surface area contributed by atoms with Crippen LogP contribution in [-0.2, 0) is 9.84 Å². The molecule has 0 spiro atoms. The molecule has 0 radical (unpaired) electrons. The van der Waals surface area contributed by atoms with Crippen LogP contribution < -0.4 is 5.73 Å². The van der Waals surface area contributed by atoms with Crippen molar-refractivity contribution in [1.29, 1.82) is 0 Å². The molecular weight excluding hydrogens is 392 g/mol. The van der Waals surface area contributed by atoms with Gasteiger partial charge in [-0.25, -0.2) is 8.42 Å². The predicted molar refractivity (Wildman–Crippen MR) is 106 cm³/mol. The first kappa shape index (κ1) is 20.9. The highest BCUT2D eigenvalue weighted by molar-refractivity contribution is 7.93. The molecule has 1 amide bonds. The number of rotatable bonds is 3. The van der Waals surface area contributed by atoms with E-state index in [0.29, 0.717) is 18.0 Å². The lowest BCUT2D eigenvalue weighted by atomic mass is 9.79. The van der Waals surface area contributed by atoms with Crippen LogP contribution in [0.25, 0.3) is 0 Å². The Bertz CT molecular complexity index is 879. The largest absolute Gasteiger partial charge is 0.337 e. The van der Waals surface area contributed by atoms with Crippen LogP contribution in [0.15, 0.2) is 51.6 Å². The molecule has 1 atom stereocenters. The Kier molecular flexibility index (Phi) is 6.17. The predicted octanol–water partition coefficient (Wildman–Crippen LogP) is 3.20. The second kappa shape index (κ2) is 7.68. The molecule has 142 valence electrons. The molecule has 2 N–H and O–H groups in total. The number of nitrogens with zero attached hydrogens (tertiary/aromatic N) is 1. The Balaban J connectivity index is 0.00000243. The normalized spacial score (nSPS) is 19.7. The molecule has 5 nitrogen and oxygen atoms in total. The van der Waals surface area contributed by atoms with Crippen LogP contribution in [0.5, 0.6) is 0 Å². The molecule has 3 rings (SSSR count). The molecule has 1 aliphatic heterocycles. The number of halogens is 1. The van der Waals surface area contributed by atoms with E-state index < -0.39 is 9.84 Å². The molecule has 2 heterocycles. The lowest BCUT2D eigenvalue weighted by Gasteiger charge is -2.42. The van der Waals surface area contributed by atoms with E-state index >= 15 is 0 Å². The monoisotopic (exact) mass is 414 g/mol. The van der Waals surface area contributed by atoms with Crippen LogP contribution in [-0.4, -0.2) is 38.4 Å². The van der Waals surface area contributed by atoms with E-state index in [1.54, 1.807) is 41.3 Å². The van der Waals surface area contributed by atoms with Crippen LogP contribution in [0, 0.1) is 5.41 Å². The minimum atomic E-state index is -3.59. The zero-order valence-electron chi connectivity index (χ0n) is 14.7. The van der Waals surface area contributed by atoms with Crippen molar-refractivity contribution >= 4 is 39.5 Å². The first-order chi connectivity index (χ1) is 11.7. The van der Waals surface area contributed by atoms with Crippen LogP contribution in [0.4, 0.5) is 0 Å². The van der Waals surface area contributed by atoms with Gasteiger partial charge in [-0.05, 0) is 36.1 Å². The third-order valence-corrected chi connectivity index (χ3v) is 8.04. The molecule has 1 aromatic carbocycles. The Labute approximate surface area is 164 Å². The summed E-state index contributed by atoms with van der Waals surface area (Å²) in [6.07, 6.45) is 0.749. The van der Waals surface area contributed by atoms with Gasteiger partial charge < -0.3 is 10.6 Å². The average molecular weight is 415 g/mol. The minimum absolute atomic E-state index is 0. The number of piperidine rings is 1. The first-order valence-corrected chi connectivity index (χ1v) is 10.5. The van der Waals surface area contributed by atoms with Gasteiger partial charge in [-0.3, -0.25) is 4.79 Å². The third kappa shape index (κ3) is 3.96. The van der Waals surface area contributed by atoms with Crippen molar-refractivity contribution in [1.82, 2.24) is 4.90 Å². The van der Waals surface area contributed by atoms with Gasteiger partial charge in [0, 0.05) is 19.1 Å². The number of hydrogen-bond donors (Lipinski definition) is 1. The van der Waals surface area contributed by atoms with Gasteiger partial charge in [0.2, 0.25) is 9.84 Å². The van der Waals surface area contributed by atoms with Crippen molar-refractivity contribution < 1.29 is 13.2 Å². The number of nitrogens with two attached hydrogens (primary N) is 1. The average Bonchev–Trinajstić information content (AvgIpc) is 3.08. The highest BCUT2D eigenvalue weighted by Crippen LogP contribution is 2.32. The second-order valence-electron chi connectivity index (χ2n) is 7.05. The maximum Gasteiger partial charge on any atom is 0.263 e. The first-order valence-electron chi connectivity index (χ1n) is 8.17. The number of amides is 1. The summed E-state index contributed by atoms with van der Waals surface area (Å²) in [5.74, 6) is -0.125. The molecular formula is C18H23ClN2O3S2. The van der Waals surface area contributed by atoms with Crippen molar-refractivity contribution in [3.8, 4) is 0 Å². The fourth-order valence-corrected chi connectivity index (χ4v) is 5.70. The summed E-state index contributed by atoms with van der Waals surface area (Å²) in [5, 5.41) is 0. The molecule has 8 heteroatoms. The van der Waals surface area contributed by atoms with E-state index in [2.05, 4.69) is 13.8 Å². The van der Waals surface area contributed by atoms with Crippen molar-refractivity contribution in [2.24, 2.45) is 11.1 Å². The van der Waals surface area contributed by atoms with Crippen molar-refractivity contribution in [3.05, 3.63) is 47.3 Å². The van der Waals surface area contributed by atoms with Gasteiger partial charge in [0.1, 0.15) is 4.21 Å². The number of sulfone groups is 1. The summed E-state index contributed by atoms with van der Waals surface area (Å²) >= 11 is 1.03. The van der Waals surface area contributed by atoms with Gasteiger partial charge >= 0.3 is 0 Å². The highest BCUT2D eigenvalue weighted by atomic mass is 35.5. The summed E-state index contributed by atoms with van der Waals surface area (Å²) in [5.41, 5.74) is 5.98. The molecule has 1 aliphatic rings. The molecule has 26 heavy (non-hydrogen) atoms. The molecule has 1 fully saturated rings. The Morgan fingerprint density at radius 2 is 1.85 bits per heavy atom. The standard InChI is InChI=1S/C18H22N2O3S2.ClH/c1-18(2)12-20(11-10-15(18)19)17(21)14-8-9-16(24-14)25(22,23)13-6-4-3-5-7-13;/h3-9,15H,10-12,19H2,1-2H3;1H. The fourth-order valence-electron chi connectivity index (χ4n) is 3.00. The number of likely N-dealkylation sites (tertiary alicyclic amines) is 1. The lowest BCUT2D eigenvalue weighted by molar-refractivity contribution is 0.0537. The molecule has 0 bridgehead atoms. The summed E-state index contributed by atoms with van der Waals surface area (Å²) in [6, 6.07) is 11.4. The van der Waals surface area contributed by atoms with Crippen LogP contribution >= 0.6 is 23.7 Å². The van der Waals surface area contributed by atoms with E-state index in [4.69, 9.17) is 5.73 Å². The fraction of sp³-hybridized carbons (Fsp3) is 0.389. The topological polar surface area (TPSA) is 80.5 Å². The molecule has 0 aliphatic carbocycles. The van der Waals surface area contributed by atoms with Crippen molar-refractivity contribution in [2.75, 3.05) is 13.1 Å². The maximum atomic E-state index is 12.8. The summed E-state index contributed by atoms with van der Waals surface area (Å²) in [4.78, 5) is 15.2. The van der Waals surface area contributed by atoms with E-state index in [0.717, 1.165) is 17.8 Å². The minimum Gasteiger partial charge on any atom is -0.337 e. The zero-order valence-corrected chi connectivity index (χ0v) is 17.2. The SMILES string of the molecule is CC1(C)CN(C(=O)c2ccc(S(=O)(=O)c3ccccc3)s2)CCC1N.Cl. The molecule has 1 saturated heterocycles. The quantitative estimate of drug-likeness (QED) is 0.836. The smallest absolute Gasteiger partial charge is 0.263 e. The van der Waals surface area contributed by atoms with Gasteiger partial charge in [-0.1, -0.05) is 32.0 Å². The van der Waals surface area contributed by atoms with Crippen LogP contribution in [0.2, 0.25) is 0 Å². The lowest BCUT2D eigenvalue weighted by Crippen LogP contribution is -2.53. The number of thiophene rings is 1. The second-order valence-corrected chi connectivity index (χ2v) is 10.3. The highest BCUT2D eigenvalue weighted by Gasteiger charge is 2.36. The molecule has 1 aromatic heterocycles. The van der Waals surface area contributed by atoms with E-state index in [-0.39, 0.29) is 38.9 Å². The van der Waals surface area contributed by atoms with Gasteiger partial charge in [0.15, 0.2) is 0 Å². The van der Waals surface area contributed by atoms with Gasteiger partial charge in [-0.2, -0.15) is 0 Å². The van der Waals surface area contributed by atoms with Gasteiger partial charge in [0.25, 0.3) is 5.91 Å². The molecule has 2 aromatic rings. The Morgan fingerprint density at radius 3 is 2.46 bits per heavy atom. The zero-order chi connectivity index (χ0) is 18.2. The summed E-state index contributed by atoms with van der Waals surface area (Å²) in [7, 11) is -3.59. The molecule has 1 unspecified atom stereocenters. The summed E-state index contributed by atoms with van der Waals surface area (Å²) in [6.45, 7) is 5.28. The Morgan fingerprint density at radius 1 is 1.19 bits per heavy atom. The maximum absolute atomic E-state index is 12.8. The van der Waals surface area contributed by atoms with Crippen LogP contribution in [0.3, 0.4) is 0 Å². The van der Waals surface area contributed by atoms with Crippen molar-refractivity contribution in [3.63, 3.8) is 0 Å². The van der Waals surface area contributed by atoms with Crippen LogP contribution in [0.1, 0.15) is 29.9 Å². The van der Waals surface area contributed by atoms with E-state index in [1.807, 2.05) is 0 Å². The summed E-state index contributed by atoms with van der Waals surface area (Å²) < 4.78 is 25.5. The van der Waals surface area contributed by atoms with Gasteiger partial charge in [0.05, 0.1) is 9.77 Å². The van der Waals surface area contributed by atoms with E-state index in [9.17, 15) is 13.2 Å². The Hall–Kier alpha value is -1.41. The van der Waals surface area contributed by atoms with Crippen molar-refractivity contribution in [2.45, 2.75) is 35.4 Å². The number of benzene rings is 1. The number of hydrogen-bond acceptors (Lipinski definition) is 5. The third-order valence-electron chi connectivity index (χ3n) is 4.71.